The Balaban J connectivity index is 1.50. The number of hydrogen-bond donors (Lipinski definition) is 1. The second kappa shape index (κ2) is 6.54. The smallest absolute Gasteiger partial charge is 0.218 e. The number of halogens is 1. The molecule has 1 aliphatic rings. The number of rotatable bonds is 3. The van der Waals surface area contributed by atoms with E-state index in [-0.39, 0.29) is 0 Å². The third-order valence-electron chi connectivity index (χ3n) is 5.22. The van der Waals surface area contributed by atoms with Crippen molar-refractivity contribution in [3.63, 3.8) is 0 Å². The number of aliphatic hydroxyl groups is 1. The van der Waals surface area contributed by atoms with Crippen LogP contribution in [-0.4, -0.2) is 28.1 Å². The lowest BCUT2D eigenvalue weighted by Gasteiger charge is -2.38. The first-order chi connectivity index (χ1) is 12.2. The molecule has 2 heterocycles. The maximum atomic E-state index is 14.0. The molecule has 0 unspecified atom stereocenters. The van der Waals surface area contributed by atoms with E-state index in [0.717, 1.165) is 19.6 Å². The van der Waals surface area contributed by atoms with E-state index >= 15 is 0 Å². The molecule has 0 amide bonds. The third kappa shape index (κ3) is 3.15. The van der Waals surface area contributed by atoms with E-state index in [1.807, 2.05) is 0 Å². The van der Waals surface area contributed by atoms with Crippen LogP contribution in [0.15, 0.2) is 60.8 Å². The molecule has 25 heavy (non-hydrogen) atoms. The van der Waals surface area contributed by atoms with Gasteiger partial charge < -0.3 is 5.11 Å². The fourth-order valence-corrected chi connectivity index (χ4v) is 3.75. The normalized spacial score (nSPS) is 17.7. The standard InChI is InChI=1S/C21H21FN2O/c22-20-19(9-4-12-23-20)21(25)10-13-24(14-11-21)15-17-7-3-6-16-5-1-2-8-18(16)17/h1-9,12,25H,10-11,13-15H2. The van der Waals surface area contributed by atoms with Crippen LogP contribution in [0, 0.1) is 5.95 Å². The molecule has 0 radical (unpaired) electrons. The summed E-state index contributed by atoms with van der Waals surface area (Å²) in [6.07, 6.45) is 2.44. The number of benzene rings is 2. The zero-order chi connectivity index (χ0) is 17.3. The van der Waals surface area contributed by atoms with Gasteiger partial charge >= 0.3 is 0 Å². The molecule has 0 atom stereocenters. The van der Waals surface area contributed by atoms with Crippen LogP contribution in [0.5, 0.6) is 0 Å². The summed E-state index contributed by atoms with van der Waals surface area (Å²) in [5, 5.41) is 13.4. The molecule has 0 aliphatic carbocycles. The molecular weight excluding hydrogens is 315 g/mol. The minimum Gasteiger partial charge on any atom is -0.385 e. The van der Waals surface area contributed by atoms with Crippen LogP contribution in [0.2, 0.25) is 0 Å². The van der Waals surface area contributed by atoms with Crippen molar-refractivity contribution in [3.05, 3.63) is 77.9 Å². The Bertz CT molecular complexity index is 882. The van der Waals surface area contributed by atoms with E-state index in [2.05, 4.69) is 52.3 Å². The SMILES string of the molecule is OC1(c2cccnc2F)CCN(Cc2cccc3ccccc23)CC1. The third-order valence-corrected chi connectivity index (χ3v) is 5.22. The van der Waals surface area contributed by atoms with Gasteiger partial charge in [-0.15, -0.1) is 0 Å². The number of fused-ring (bicyclic) bond motifs is 1. The Labute approximate surface area is 146 Å². The van der Waals surface area contributed by atoms with Gasteiger partial charge in [0.25, 0.3) is 0 Å². The fraction of sp³-hybridized carbons (Fsp3) is 0.286. The molecule has 1 saturated heterocycles. The van der Waals surface area contributed by atoms with Crippen molar-refractivity contribution in [1.82, 2.24) is 9.88 Å². The van der Waals surface area contributed by atoms with E-state index in [9.17, 15) is 9.50 Å². The quantitative estimate of drug-likeness (QED) is 0.738. The van der Waals surface area contributed by atoms with Gasteiger partial charge in [0, 0.05) is 31.4 Å². The molecule has 4 heteroatoms. The number of pyridine rings is 1. The highest BCUT2D eigenvalue weighted by atomic mass is 19.1. The summed E-state index contributed by atoms with van der Waals surface area (Å²) in [5.41, 5.74) is 0.490. The van der Waals surface area contributed by atoms with Crippen LogP contribution in [0.25, 0.3) is 10.8 Å². The van der Waals surface area contributed by atoms with Crippen LogP contribution in [0.1, 0.15) is 24.0 Å². The summed E-state index contributed by atoms with van der Waals surface area (Å²) in [7, 11) is 0. The van der Waals surface area contributed by atoms with Crippen LogP contribution in [0.3, 0.4) is 0 Å². The largest absolute Gasteiger partial charge is 0.385 e. The molecular formula is C21H21FN2O. The van der Waals surface area contributed by atoms with E-state index in [0.29, 0.717) is 18.4 Å². The summed E-state index contributed by atoms with van der Waals surface area (Å²) in [6, 6.07) is 18.1. The van der Waals surface area contributed by atoms with Gasteiger partial charge in [0.15, 0.2) is 0 Å². The van der Waals surface area contributed by atoms with Crippen molar-refractivity contribution in [1.29, 1.82) is 0 Å². The average molecular weight is 336 g/mol. The Morgan fingerprint density at radius 2 is 1.76 bits per heavy atom. The molecule has 1 fully saturated rings. The lowest BCUT2D eigenvalue weighted by molar-refractivity contribution is -0.0307. The van der Waals surface area contributed by atoms with Gasteiger partial charge in [0.2, 0.25) is 5.95 Å². The van der Waals surface area contributed by atoms with Gasteiger partial charge in [-0.3, -0.25) is 4.90 Å². The highest BCUT2D eigenvalue weighted by Gasteiger charge is 2.36. The number of aromatic nitrogens is 1. The molecule has 1 aromatic heterocycles. The first-order valence-electron chi connectivity index (χ1n) is 8.68. The van der Waals surface area contributed by atoms with E-state index in [1.165, 1.54) is 22.5 Å². The Morgan fingerprint density at radius 1 is 1.00 bits per heavy atom. The lowest BCUT2D eigenvalue weighted by Crippen LogP contribution is -2.42. The van der Waals surface area contributed by atoms with Gasteiger partial charge in [-0.1, -0.05) is 48.5 Å². The number of nitrogens with zero attached hydrogens (tertiary/aromatic N) is 2. The number of likely N-dealkylation sites (tertiary alicyclic amines) is 1. The Hall–Kier alpha value is -2.30. The maximum absolute atomic E-state index is 14.0. The first kappa shape index (κ1) is 16.2. The molecule has 0 bridgehead atoms. The van der Waals surface area contributed by atoms with Gasteiger partial charge in [0.1, 0.15) is 0 Å². The van der Waals surface area contributed by atoms with Crippen molar-refractivity contribution in [3.8, 4) is 0 Å². The van der Waals surface area contributed by atoms with Gasteiger partial charge in [0.05, 0.1) is 5.60 Å². The molecule has 1 aliphatic heterocycles. The van der Waals surface area contributed by atoms with Crippen LogP contribution < -0.4 is 0 Å². The molecule has 0 spiro atoms. The zero-order valence-corrected chi connectivity index (χ0v) is 14.0. The highest BCUT2D eigenvalue weighted by molar-refractivity contribution is 5.85. The topological polar surface area (TPSA) is 36.4 Å². The van der Waals surface area contributed by atoms with Crippen molar-refractivity contribution in [2.24, 2.45) is 0 Å². The van der Waals surface area contributed by atoms with Gasteiger partial charge in [-0.2, -0.15) is 4.39 Å². The van der Waals surface area contributed by atoms with Gasteiger partial charge in [-0.25, -0.2) is 4.98 Å². The molecule has 0 saturated carbocycles. The van der Waals surface area contributed by atoms with E-state index in [4.69, 9.17) is 0 Å². The molecule has 1 N–H and O–H groups in total. The second-order valence-corrected chi connectivity index (χ2v) is 6.79. The van der Waals surface area contributed by atoms with Crippen molar-refractivity contribution < 1.29 is 9.50 Å². The predicted octanol–water partition coefficient (Wildman–Crippen LogP) is 3.86. The fourth-order valence-electron chi connectivity index (χ4n) is 3.75. The maximum Gasteiger partial charge on any atom is 0.218 e. The van der Waals surface area contributed by atoms with E-state index in [1.54, 1.807) is 12.1 Å². The highest BCUT2D eigenvalue weighted by Crippen LogP contribution is 2.34. The first-order valence-corrected chi connectivity index (χ1v) is 8.68. The number of hydrogen-bond acceptors (Lipinski definition) is 3. The summed E-state index contributed by atoms with van der Waals surface area (Å²) in [4.78, 5) is 6.00. The van der Waals surface area contributed by atoms with Crippen LogP contribution in [-0.2, 0) is 12.1 Å². The van der Waals surface area contributed by atoms with Crippen molar-refractivity contribution >= 4 is 10.8 Å². The minimum atomic E-state index is -1.12. The summed E-state index contributed by atoms with van der Waals surface area (Å²) >= 11 is 0. The van der Waals surface area contributed by atoms with Crippen molar-refractivity contribution in [2.45, 2.75) is 25.0 Å². The van der Waals surface area contributed by atoms with Gasteiger partial charge in [-0.05, 0) is 35.2 Å². The lowest BCUT2D eigenvalue weighted by atomic mass is 9.85. The molecule has 2 aromatic carbocycles. The molecule has 4 rings (SSSR count). The van der Waals surface area contributed by atoms with Crippen LogP contribution >= 0.6 is 0 Å². The monoisotopic (exact) mass is 336 g/mol. The average Bonchev–Trinajstić information content (AvgIpc) is 2.64. The summed E-state index contributed by atoms with van der Waals surface area (Å²) in [6.45, 7) is 2.30. The summed E-state index contributed by atoms with van der Waals surface area (Å²) < 4.78 is 14.0. The van der Waals surface area contributed by atoms with Crippen molar-refractivity contribution in [2.75, 3.05) is 13.1 Å². The van der Waals surface area contributed by atoms with E-state index < -0.39 is 11.5 Å². The second-order valence-electron chi connectivity index (χ2n) is 6.79. The molecule has 3 nitrogen and oxygen atoms in total. The predicted molar refractivity (Wildman–Crippen MR) is 96.6 cm³/mol. The van der Waals surface area contributed by atoms with Crippen LogP contribution in [0.4, 0.5) is 4.39 Å². The molecule has 3 aromatic rings. The zero-order valence-electron chi connectivity index (χ0n) is 14.0. The Kier molecular flexibility index (Phi) is 4.24. The Morgan fingerprint density at radius 3 is 2.56 bits per heavy atom. The number of piperidine rings is 1. The summed E-state index contributed by atoms with van der Waals surface area (Å²) in [5.74, 6) is -0.562. The molecule has 128 valence electrons. The minimum absolute atomic E-state index is 0.319.